The number of rotatable bonds is 5. The number of aliphatic carboxylic acids is 1. The van der Waals surface area contributed by atoms with Crippen LogP contribution in [0.5, 0.6) is 5.75 Å². The number of esters is 1. The maximum atomic E-state index is 11.4. The minimum atomic E-state index is -1.24. The van der Waals surface area contributed by atoms with E-state index >= 15 is 0 Å². The number of aryl methyl sites for hydroxylation is 1. The van der Waals surface area contributed by atoms with Crippen LogP contribution in [-0.2, 0) is 9.59 Å². The van der Waals surface area contributed by atoms with E-state index in [1.807, 2.05) is 0 Å². The molecule has 0 aliphatic carbocycles. The Bertz CT molecular complexity index is 516. The Morgan fingerprint density at radius 2 is 2.11 bits per heavy atom. The molecule has 0 heterocycles. The monoisotopic (exact) mass is 248 g/mol. The van der Waals surface area contributed by atoms with Crippen LogP contribution in [0.4, 0.5) is 0 Å². The quantitative estimate of drug-likeness (QED) is 0.371. The van der Waals surface area contributed by atoms with E-state index in [9.17, 15) is 14.4 Å². The van der Waals surface area contributed by atoms with Crippen molar-refractivity contribution in [1.29, 1.82) is 0 Å². The van der Waals surface area contributed by atoms with Gasteiger partial charge in [-0.25, -0.2) is 4.79 Å². The molecule has 1 N–H and O–H groups in total. The molecule has 0 aliphatic rings. The van der Waals surface area contributed by atoms with Gasteiger partial charge < -0.3 is 9.84 Å². The number of aldehydes is 1. The maximum Gasteiger partial charge on any atom is 0.331 e. The Balaban J connectivity index is 2.73. The number of ether oxygens (including phenoxy) is 1. The minimum absolute atomic E-state index is 0.234. The molecule has 0 aliphatic heterocycles. The number of hydrogen-bond acceptors (Lipinski definition) is 4. The van der Waals surface area contributed by atoms with Gasteiger partial charge in [0.2, 0.25) is 0 Å². The van der Waals surface area contributed by atoms with E-state index in [2.05, 4.69) is 6.58 Å². The van der Waals surface area contributed by atoms with E-state index in [0.29, 0.717) is 23.2 Å². The van der Waals surface area contributed by atoms with Crippen LogP contribution < -0.4 is 4.74 Å². The minimum Gasteiger partial charge on any atom is -0.478 e. The zero-order valence-corrected chi connectivity index (χ0v) is 9.80. The summed E-state index contributed by atoms with van der Waals surface area (Å²) in [6, 6.07) is 4.57. The number of carbonyl (C=O) groups is 3. The highest BCUT2D eigenvalue weighted by atomic mass is 16.5. The fraction of sp³-hybridized carbons (Fsp3) is 0.154. The topological polar surface area (TPSA) is 80.7 Å². The molecule has 0 saturated carbocycles. The second-order valence-corrected chi connectivity index (χ2v) is 3.70. The van der Waals surface area contributed by atoms with Gasteiger partial charge in [-0.1, -0.05) is 6.58 Å². The molecular weight excluding hydrogens is 236 g/mol. The van der Waals surface area contributed by atoms with Crippen molar-refractivity contribution in [2.45, 2.75) is 13.3 Å². The van der Waals surface area contributed by atoms with Crippen LogP contribution >= 0.6 is 0 Å². The molecule has 0 radical (unpaired) electrons. The molecule has 5 heteroatoms. The van der Waals surface area contributed by atoms with Crippen LogP contribution in [0.25, 0.3) is 0 Å². The van der Waals surface area contributed by atoms with Crippen molar-refractivity contribution in [2.75, 3.05) is 0 Å². The lowest BCUT2D eigenvalue weighted by Gasteiger charge is -2.07. The first kappa shape index (κ1) is 13.6. The summed E-state index contributed by atoms with van der Waals surface area (Å²) in [6.07, 6.45) is 0.301. The molecule has 5 nitrogen and oxygen atoms in total. The van der Waals surface area contributed by atoms with Crippen LogP contribution in [0.3, 0.4) is 0 Å². The fourth-order valence-corrected chi connectivity index (χ4v) is 1.27. The van der Waals surface area contributed by atoms with Crippen LogP contribution in [0, 0.1) is 6.92 Å². The van der Waals surface area contributed by atoms with Crippen LogP contribution in [0.15, 0.2) is 30.4 Å². The van der Waals surface area contributed by atoms with Crippen LogP contribution in [-0.4, -0.2) is 23.3 Å². The van der Waals surface area contributed by atoms with E-state index in [4.69, 9.17) is 9.84 Å². The van der Waals surface area contributed by atoms with Gasteiger partial charge in [-0.2, -0.15) is 0 Å². The summed E-state index contributed by atoms with van der Waals surface area (Å²) in [5, 5.41) is 8.57. The molecule has 94 valence electrons. The Morgan fingerprint density at radius 3 is 2.61 bits per heavy atom. The first-order valence-electron chi connectivity index (χ1n) is 5.11. The lowest BCUT2D eigenvalue weighted by atomic mass is 10.1. The Labute approximate surface area is 104 Å². The SMILES string of the molecule is C=C(CC(=O)Oc1ccc(C=O)cc1C)C(=O)O. The summed E-state index contributed by atoms with van der Waals surface area (Å²) in [5.74, 6) is -1.65. The van der Waals surface area contributed by atoms with Gasteiger partial charge in [0.15, 0.2) is 0 Å². The third-order valence-electron chi connectivity index (χ3n) is 2.22. The summed E-state index contributed by atoms with van der Waals surface area (Å²) in [5.41, 5.74) is 0.860. The molecule has 18 heavy (non-hydrogen) atoms. The Hall–Kier alpha value is -2.43. The van der Waals surface area contributed by atoms with Crippen molar-refractivity contribution >= 4 is 18.2 Å². The summed E-state index contributed by atoms with van der Waals surface area (Å²) < 4.78 is 4.99. The van der Waals surface area contributed by atoms with Crippen LogP contribution in [0.2, 0.25) is 0 Å². The molecule has 0 amide bonds. The second kappa shape index (κ2) is 5.77. The highest BCUT2D eigenvalue weighted by Gasteiger charge is 2.13. The molecule has 0 atom stereocenters. The van der Waals surface area contributed by atoms with Crippen molar-refractivity contribution in [2.24, 2.45) is 0 Å². The zero-order chi connectivity index (χ0) is 13.7. The lowest BCUT2D eigenvalue weighted by molar-refractivity contribution is -0.138. The number of carboxylic acid groups (broad SMARTS) is 1. The summed E-state index contributed by atoms with van der Waals surface area (Å²) >= 11 is 0. The lowest BCUT2D eigenvalue weighted by Crippen LogP contribution is -2.13. The van der Waals surface area contributed by atoms with E-state index in [1.54, 1.807) is 13.0 Å². The molecule has 0 spiro atoms. The summed E-state index contributed by atoms with van der Waals surface area (Å²) in [6.45, 7) is 4.92. The van der Waals surface area contributed by atoms with Gasteiger partial charge in [-0.3, -0.25) is 9.59 Å². The van der Waals surface area contributed by atoms with Crippen molar-refractivity contribution in [1.82, 2.24) is 0 Å². The highest BCUT2D eigenvalue weighted by molar-refractivity contribution is 5.92. The molecule has 1 aromatic rings. The highest BCUT2D eigenvalue weighted by Crippen LogP contribution is 2.19. The van der Waals surface area contributed by atoms with E-state index in [1.165, 1.54) is 12.1 Å². The normalized spacial score (nSPS) is 9.61. The molecule has 0 saturated heterocycles. The fourth-order valence-electron chi connectivity index (χ4n) is 1.27. The number of carbonyl (C=O) groups excluding carboxylic acids is 2. The van der Waals surface area contributed by atoms with Gasteiger partial charge >= 0.3 is 11.9 Å². The Morgan fingerprint density at radius 1 is 1.44 bits per heavy atom. The van der Waals surface area contributed by atoms with Gasteiger partial charge in [0.25, 0.3) is 0 Å². The van der Waals surface area contributed by atoms with Crippen molar-refractivity contribution < 1.29 is 24.2 Å². The van der Waals surface area contributed by atoms with Gasteiger partial charge in [-0.15, -0.1) is 0 Å². The smallest absolute Gasteiger partial charge is 0.331 e. The standard InChI is InChI=1S/C13H12O5/c1-8-5-10(7-14)3-4-11(8)18-12(15)6-9(2)13(16)17/h3-5,7H,2,6H2,1H3,(H,16,17). The van der Waals surface area contributed by atoms with Crippen molar-refractivity contribution in [3.8, 4) is 5.75 Å². The van der Waals surface area contributed by atoms with Gasteiger partial charge in [0.1, 0.15) is 12.0 Å². The molecule has 0 bridgehead atoms. The molecule has 0 fully saturated rings. The molecule has 1 aromatic carbocycles. The Kier molecular flexibility index (Phi) is 4.37. The third-order valence-corrected chi connectivity index (χ3v) is 2.22. The van der Waals surface area contributed by atoms with Gasteiger partial charge in [0, 0.05) is 11.1 Å². The molecule has 0 aromatic heterocycles. The van der Waals surface area contributed by atoms with E-state index in [0.717, 1.165) is 0 Å². The van der Waals surface area contributed by atoms with Crippen molar-refractivity contribution in [3.05, 3.63) is 41.5 Å². The predicted octanol–water partition coefficient (Wildman–Crippen LogP) is 1.74. The molecule has 0 unspecified atom stereocenters. The first-order valence-corrected chi connectivity index (χ1v) is 5.11. The molecule has 1 rings (SSSR count). The summed E-state index contributed by atoms with van der Waals surface area (Å²) in [7, 11) is 0. The predicted molar refractivity (Wildman–Crippen MR) is 63.6 cm³/mol. The second-order valence-electron chi connectivity index (χ2n) is 3.70. The van der Waals surface area contributed by atoms with Crippen LogP contribution in [0.1, 0.15) is 22.3 Å². The number of carboxylic acids is 1. The largest absolute Gasteiger partial charge is 0.478 e. The number of benzene rings is 1. The third kappa shape index (κ3) is 3.55. The van der Waals surface area contributed by atoms with Crippen molar-refractivity contribution in [3.63, 3.8) is 0 Å². The average Bonchev–Trinajstić information content (AvgIpc) is 2.31. The molecular formula is C13H12O5. The average molecular weight is 248 g/mol. The van der Waals surface area contributed by atoms with Gasteiger partial charge in [-0.05, 0) is 30.7 Å². The zero-order valence-electron chi connectivity index (χ0n) is 9.80. The maximum absolute atomic E-state index is 11.4. The van der Waals surface area contributed by atoms with E-state index in [-0.39, 0.29) is 12.0 Å². The van der Waals surface area contributed by atoms with E-state index < -0.39 is 11.9 Å². The summed E-state index contributed by atoms with van der Waals surface area (Å²) in [4.78, 5) is 32.4. The number of hydrogen-bond donors (Lipinski definition) is 1. The van der Waals surface area contributed by atoms with Gasteiger partial charge in [0.05, 0.1) is 6.42 Å². The first-order chi connectivity index (χ1) is 8.43.